The zero-order valence-corrected chi connectivity index (χ0v) is 11.2. The predicted octanol–water partition coefficient (Wildman–Crippen LogP) is 2.31. The van der Waals surface area contributed by atoms with Crippen molar-refractivity contribution in [3.8, 4) is 5.88 Å². The molecular weight excluding hydrogens is 216 g/mol. The van der Waals surface area contributed by atoms with Crippen molar-refractivity contribution >= 4 is 5.82 Å². The number of nitrogens with two attached hydrogens (primary N) is 1. The molecule has 0 saturated carbocycles. The van der Waals surface area contributed by atoms with Gasteiger partial charge in [0.05, 0.1) is 6.10 Å². The minimum atomic E-state index is 0.107. The predicted molar refractivity (Wildman–Crippen MR) is 68.9 cm³/mol. The molecule has 1 unspecified atom stereocenters. The Kier molecular flexibility index (Phi) is 4.69. The van der Waals surface area contributed by atoms with Crippen LogP contribution >= 0.6 is 0 Å². The van der Waals surface area contributed by atoms with Crippen molar-refractivity contribution in [2.45, 2.75) is 46.6 Å². The van der Waals surface area contributed by atoms with E-state index in [0.717, 1.165) is 5.82 Å². The number of ether oxygens (including phenoxy) is 1. The van der Waals surface area contributed by atoms with Gasteiger partial charge in [-0.3, -0.25) is 0 Å². The second-order valence-electron chi connectivity index (χ2n) is 4.82. The smallest absolute Gasteiger partial charge is 0.219 e. The maximum atomic E-state index is 5.76. The molecule has 0 amide bonds. The third kappa shape index (κ3) is 3.85. The monoisotopic (exact) mass is 238 g/mol. The number of hydrogen-bond acceptors (Lipinski definition) is 5. The Morgan fingerprint density at radius 1 is 1.18 bits per heavy atom. The maximum Gasteiger partial charge on any atom is 0.219 e. The van der Waals surface area contributed by atoms with Crippen molar-refractivity contribution in [3.05, 3.63) is 11.9 Å². The van der Waals surface area contributed by atoms with Crippen LogP contribution in [0.3, 0.4) is 0 Å². The zero-order valence-electron chi connectivity index (χ0n) is 11.2. The molecule has 96 valence electrons. The van der Waals surface area contributed by atoms with Crippen molar-refractivity contribution in [1.82, 2.24) is 9.97 Å². The van der Waals surface area contributed by atoms with Gasteiger partial charge in [0, 0.05) is 12.0 Å². The molecule has 0 aliphatic heterocycles. The number of nitrogens with zero attached hydrogens (tertiary/aromatic N) is 2. The van der Waals surface area contributed by atoms with Gasteiger partial charge in [0.15, 0.2) is 0 Å². The molecule has 0 fully saturated rings. The summed E-state index contributed by atoms with van der Waals surface area (Å²) in [6.07, 6.45) is 0.107. The fourth-order valence-corrected chi connectivity index (χ4v) is 1.16. The number of nitrogen functional groups attached to an aromatic ring is 1. The van der Waals surface area contributed by atoms with Crippen LogP contribution < -0.4 is 16.0 Å². The Morgan fingerprint density at radius 3 is 2.29 bits per heavy atom. The zero-order chi connectivity index (χ0) is 13.0. The molecule has 3 N–H and O–H groups in total. The van der Waals surface area contributed by atoms with Gasteiger partial charge in [-0.1, -0.05) is 27.7 Å². The number of hydrazine groups is 1. The van der Waals surface area contributed by atoms with Gasteiger partial charge in [-0.25, -0.2) is 10.8 Å². The maximum absolute atomic E-state index is 5.76. The van der Waals surface area contributed by atoms with Crippen LogP contribution in [-0.4, -0.2) is 16.1 Å². The van der Waals surface area contributed by atoms with Gasteiger partial charge in [0.1, 0.15) is 11.6 Å². The first-order chi connectivity index (χ1) is 7.93. The Morgan fingerprint density at radius 2 is 1.82 bits per heavy atom. The van der Waals surface area contributed by atoms with E-state index in [0.29, 0.717) is 17.6 Å². The molecule has 17 heavy (non-hydrogen) atoms. The summed E-state index contributed by atoms with van der Waals surface area (Å²) in [6.45, 7) is 10.3. The largest absolute Gasteiger partial charge is 0.474 e. The highest BCUT2D eigenvalue weighted by Gasteiger charge is 2.13. The summed E-state index contributed by atoms with van der Waals surface area (Å²) in [5.74, 6) is 7.92. The molecule has 0 aliphatic carbocycles. The van der Waals surface area contributed by atoms with Gasteiger partial charge in [0.2, 0.25) is 5.88 Å². The molecule has 0 bridgehead atoms. The van der Waals surface area contributed by atoms with Crippen molar-refractivity contribution in [2.24, 2.45) is 11.8 Å². The standard InChI is InChI=1S/C12H22N4O/c1-7(2)9(5)17-11-6-10(16-13)14-12(15-11)8(3)4/h6-9H,13H2,1-5H3,(H,14,15,16). The van der Waals surface area contributed by atoms with Crippen LogP contribution in [0.2, 0.25) is 0 Å². The van der Waals surface area contributed by atoms with E-state index in [4.69, 9.17) is 10.6 Å². The van der Waals surface area contributed by atoms with E-state index in [1.807, 2.05) is 20.8 Å². The number of hydrogen-bond donors (Lipinski definition) is 2. The molecule has 1 heterocycles. The highest BCUT2D eigenvalue weighted by atomic mass is 16.5. The summed E-state index contributed by atoms with van der Waals surface area (Å²) in [4.78, 5) is 8.65. The minimum absolute atomic E-state index is 0.107. The summed E-state index contributed by atoms with van der Waals surface area (Å²) in [5.41, 5.74) is 2.53. The van der Waals surface area contributed by atoms with Crippen LogP contribution in [0.5, 0.6) is 5.88 Å². The summed E-state index contributed by atoms with van der Waals surface area (Å²) < 4.78 is 5.76. The molecule has 1 aromatic heterocycles. The molecule has 0 aromatic carbocycles. The molecule has 0 spiro atoms. The van der Waals surface area contributed by atoms with E-state index in [1.54, 1.807) is 6.07 Å². The normalized spacial score (nSPS) is 12.9. The molecule has 1 rings (SSSR count). The average molecular weight is 238 g/mol. The first kappa shape index (κ1) is 13.7. The Hall–Kier alpha value is -1.36. The fraction of sp³-hybridized carbons (Fsp3) is 0.667. The first-order valence-electron chi connectivity index (χ1n) is 5.96. The van der Waals surface area contributed by atoms with E-state index < -0.39 is 0 Å². The topological polar surface area (TPSA) is 73.1 Å². The second kappa shape index (κ2) is 5.82. The van der Waals surface area contributed by atoms with E-state index in [-0.39, 0.29) is 12.0 Å². The van der Waals surface area contributed by atoms with E-state index in [9.17, 15) is 0 Å². The lowest BCUT2D eigenvalue weighted by Crippen LogP contribution is -2.20. The molecule has 5 heteroatoms. The third-order valence-corrected chi connectivity index (χ3v) is 2.63. The summed E-state index contributed by atoms with van der Waals surface area (Å²) in [6, 6.07) is 1.71. The molecule has 0 aliphatic rings. The van der Waals surface area contributed by atoms with Gasteiger partial charge < -0.3 is 10.2 Å². The summed E-state index contributed by atoms with van der Waals surface area (Å²) in [7, 11) is 0. The van der Waals surface area contributed by atoms with Crippen molar-refractivity contribution < 1.29 is 4.74 Å². The van der Waals surface area contributed by atoms with Crippen molar-refractivity contribution in [3.63, 3.8) is 0 Å². The molecule has 0 radical (unpaired) electrons. The third-order valence-electron chi connectivity index (χ3n) is 2.63. The number of rotatable bonds is 5. The SMILES string of the molecule is CC(C)c1nc(NN)cc(OC(C)C(C)C)n1. The van der Waals surface area contributed by atoms with Crippen LogP contribution in [-0.2, 0) is 0 Å². The van der Waals surface area contributed by atoms with E-state index in [2.05, 4.69) is 29.2 Å². The van der Waals surface area contributed by atoms with Crippen LogP contribution in [0.4, 0.5) is 5.82 Å². The molecular formula is C12H22N4O. The van der Waals surface area contributed by atoms with Gasteiger partial charge >= 0.3 is 0 Å². The Bertz CT molecular complexity index is 366. The first-order valence-corrected chi connectivity index (χ1v) is 5.96. The number of nitrogens with one attached hydrogen (secondary N) is 1. The highest BCUT2D eigenvalue weighted by molar-refractivity contribution is 5.37. The Labute approximate surface area is 103 Å². The quantitative estimate of drug-likeness (QED) is 0.608. The van der Waals surface area contributed by atoms with Crippen LogP contribution in [0, 0.1) is 5.92 Å². The summed E-state index contributed by atoms with van der Waals surface area (Å²) >= 11 is 0. The average Bonchev–Trinajstić information content (AvgIpc) is 2.28. The van der Waals surface area contributed by atoms with Crippen LogP contribution in [0.1, 0.15) is 46.4 Å². The Balaban J connectivity index is 2.94. The minimum Gasteiger partial charge on any atom is -0.474 e. The van der Waals surface area contributed by atoms with Gasteiger partial charge in [-0.15, -0.1) is 0 Å². The van der Waals surface area contributed by atoms with Crippen LogP contribution in [0.25, 0.3) is 0 Å². The second-order valence-corrected chi connectivity index (χ2v) is 4.82. The fourth-order valence-electron chi connectivity index (χ4n) is 1.16. The lowest BCUT2D eigenvalue weighted by atomic mass is 10.1. The summed E-state index contributed by atoms with van der Waals surface area (Å²) in [5, 5.41) is 0. The molecule has 5 nitrogen and oxygen atoms in total. The molecule has 1 aromatic rings. The van der Waals surface area contributed by atoms with Crippen molar-refractivity contribution in [1.29, 1.82) is 0 Å². The molecule has 0 saturated heterocycles. The number of aromatic nitrogens is 2. The van der Waals surface area contributed by atoms with Gasteiger partial charge in [-0.05, 0) is 12.8 Å². The number of anilines is 1. The van der Waals surface area contributed by atoms with Gasteiger partial charge in [0.25, 0.3) is 0 Å². The lowest BCUT2D eigenvalue weighted by molar-refractivity contribution is 0.162. The van der Waals surface area contributed by atoms with E-state index >= 15 is 0 Å². The lowest BCUT2D eigenvalue weighted by Gasteiger charge is -2.18. The molecule has 1 atom stereocenters. The highest BCUT2D eigenvalue weighted by Crippen LogP contribution is 2.20. The van der Waals surface area contributed by atoms with Gasteiger partial charge in [-0.2, -0.15) is 4.98 Å². The van der Waals surface area contributed by atoms with Crippen molar-refractivity contribution in [2.75, 3.05) is 5.43 Å². The van der Waals surface area contributed by atoms with E-state index in [1.165, 1.54) is 0 Å². The van der Waals surface area contributed by atoms with Crippen LogP contribution in [0.15, 0.2) is 6.07 Å².